The van der Waals surface area contributed by atoms with Crippen molar-refractivity contribution in [3.8, 4) is 0 Å². The highest BCUT2D eigenvalue weighted by atomic mass is 16.6. The van der Waals surface area contributed by atoms with E-state index in [0.29, 0.717) is 19.4 Å². The van der Waals surface area contributed by atoms with Crippen LogP contribution in [0.2, 0.25) is 0 Å². The fourth-order valence-electron chi connectivity index (χ4n) is 3.41. The second kappa shape index (κ2) is 11.1. The molecule has 0 aromatic heterocycles. The van der Waals surface area contributed by atoms with Gasteiger partial charge in [0.2, 0.25) is 0 Å². The maximum absolute atomic E-state index is 12.1. The summed E-state index contributed by atoms with van der Waals surface area (Å²) in [6, 6.07) is 21.0. The van der Waals surface area contributed by atoms with E-state index in [0.717, 1.165) is 6.54 Å². The van der Waals surface area contributed by atoms with E-state index in [1.807, 2.05) is 45.0 Å². The predicted octanol–water partition coefficient (Wildman–Crippen LogP) is 4.98. The topological polar surface area (TPSA) is 49.8 Å². The largest absolute Gasteiger partial charge is 0.460 e. The number of hydrogen-bond donors (Lipinski definition) is 1. The lowest BCUT2D eigenvalue weighted by Gasteiger charge is -2.32. The first-order valence-corrected chi connectivity index (χ1v) is 10.4. The Kier molecular flexibility index (Phi) is 8.87. The first kappa shape index (κ1) is 23.1. The fourth-order valence-corrected chi connectivity index (χ4v) is 3.41. The van der Waals surface area contributed by atoms with Crippen molar-refractivity contribution < 1.29 is 14.6 Å². The number of ether oxygens (including phenoxy) is 1. The first-order chi connectivity index (χ1) is 13.8. The van der Waals surface area contributed by atoms with Crippen molar-refractivity contribution in [3.63, 3.8) is 0 Å². The van der Waals surface area contributed by atoms with Crippen LogP contribution in [0.15, 0.2) is 60.7 Å². The van der Waals surface area contributed by atoms with Crippen LogP contribution in [-0.4, -0.2) is 34.7 Å². The monoisotopic (exact) mass is 397 g/mol. The second-order valence-corrected chi connectivity index (χ2v) is 8.68. The molecule has 0 spiro atoms. The van der Waals surface area contributed by atoms with E-state index in [9.17, 15) is 9.90 Å². The van der Waals surface area contributed by atoms with Crippen LogP contribution in [0.5, 0.6) is 0 Å². The zero-order valence-electron chi connectivity index (χ0n) is 18.2. The van der Waals surface area contributed by atoms with Crippen molar-refractivity contribution in [2.75, 3.05) is 13.2 Å². The van der Waals surface area contributed by atoms with Gasteiger partial charge in [-0.2, -0.15) is 0 Å². The van der Waals surface area contributed by atoms with Crippen molar-refractivity contribution in [1.82, 2.24) is 4.90 Å². The zero-order chi connectivity index (χ0) is 21.3. The van der Waals surface area contributed by atoms with Crippen LogP contribution in [0.4, 0.5) is 0 Å². The van der Waals surface area contributed by atoms with E-state index in [-0.39, 0.29) is 24.5 Å². The average molecular weight is 398 g/mol. The van der Waals surface area contributed by atoms with Gasteiger partial charge in [-0.1, -0.05) is 60.7 Å². The summed E-state index contributed by atoms with van der Waals surface area (Å²) in [5.41, 5.74) is 2.00. The molecule has 0 radical (unpaired) electrons. The third-order valence-corrected chi connectivity index (χ3v) is 4.99. The first-order valence-electron chi connectivity index (χ1n) is 10.4. The van der Waals surface area contributed by atoms with Crippen molar-refractivity contribution in [1.29, 1.82) is 0 Å². The molecule has 2 aromatic rings. The second-order valence-electron chi connectivity index (χ2n) is 8.68. The maximum Gasteiger partial charge on any atom is 0.306 e. The van der Waals surface area contributed by atoms with Gasteiger partial charge in [-0.25, -0.2) is 0 Å². The van der Waals surface area contributed by atoms with E-state index in [4.69, 9.17) is 4.74 Å². The van der Waals surface area contributed by atoms with Crippen LogP contribution in [0.1, 0.15) is 57.7 Å². The summed E-state index contributed by atoms with van der Waals surface area (Å²) in [6.07, 6.45) is 0.930. The lowest BCUT2D eigenvalue weighted by molar-refractivity contribution is -0.155. The molecule has 0 heterocycles. The van der Waals surface area contributed by atoms with Crippen molar-refractivity contribution >= 4 is 5.97 Å². The SMILES string of the molecule is C[C@@H](c1ccccc1)N(Cc1ccccc1)C[C@@H](CO)CCC(=O)OC(C)(C)C. The van der Waals surface area contributed by atoms with Gasteiger partial charge in [0, 0.05) is 32.2 Å². The Hall–Kier alpha value is -2.17. The molecule has 0 aliphatic rings. The molecule has 2 aromatic carbocycles. The number of rotatable bonds is 10. The molecule has 29 heavy (non-hydrogen) atoms. The minimum absolute atomic E-state index is 0.0115. The number of carbonyl (C=O) groups is 1. The smallest absolute Gasteiger partial charge is 0.306 e. The third kappa shape index (κ3) is 8.38. The normalized spacial score (nSPS) is 13.9. The molecule has 4 nitrogen and oxygen atoms in total. The molecule has 2 atom stereocenters. The van der Waals surface area contributed by atoms with Crippen LogP contribution in [0.25, 0.3) is 0 Å². The summed E-state index contributed by atoms with van der Waals surface area (Å²) in [4.78, 5) is 14.5. The predicted molar refractivity (Wildman–Crippen MR) is 117 cm³/mol. The van der Waals surface area contributed by atoms with Crippen LogP contribution in [-0.2, 0) is 16.1 Å². The quantitative estimate of drug-likeness (QED) is 0.575. The minimum atomic E-state index is -0.479. The Labute approximate surface area is 175 Å². The number of nitrogens with zero attached hydrogens (tertiary/aromatic N) is 1. The van der Waals surface area contributed by atoms with Crippen LogP contribution < -0.4 is 0 Å². The Morgan fingerprint density at radius 1 is 1.03 bits per heavy atom. The molecule has 0 saturated heterocycles. The standard InChI is InChI=1S/C25H35NO3/c1-20(23-13-9-6-10-14-23)26(17-21-11-7-5-8-12-21)18-22(19-27)15-16-24(28)29-25(2,3)4/h5-14,20,22,27H,15-19H2,1-4H3/t20-,22-/m0/s1. The molecule has 0 aliphatic heterocycles. The minimum Gasteiger partial charge on any atom is -0.460 e. The lowest BCUT2D eigenvalue weighted by atomic mass is 9.99. The van der Waals surface area contributed by atoms with Crippen LogP contribution in [0.3, 0.4) is 0 Å². The molecule has 2 rings (SSSR count). The number of aliphatic hydroxyl groups is 1. The number of benzene rings is 2. The molecule has 0 unspecified atom stereocenters. The van der Waals surface area contributed by atoms with Gasteiger partial charge in [-0.3, -0.25) is 9.69 Å². The Balaban J connectivity index is 2.07. The molecule has 0 aliphatic carbocycles. The van der Waals surface area contributed by atoms with E-state index < -0.39 is 5.60 Å². The van der Waals surface area contributed by atoms with Crippen LogP contribution >= 0.6 is 0 Å². The summed E-state index contributed by atoms with van der Waals surface area (Å²) in [5.74, 6) is -0.195. The van der Waals surface area contributed by atoms with Gasteiger partial charge in [-0.05, 0) is 51.2 Å². The number of carbonyl (C=O) groups excluding carboxylic acids is 1. The lowest BCUT2D eigenvalue weighted by Crippen LogP contribution is -2.33. The summed E-state index contributed by atoms with van der Waals surface area (Å²) >= 11 is 0. The highest BCUT2D eigenvalue weighted by molar-refractivity contribution is 5.69. The Morgan fingerprint density at radius 3 is 2.17 bits per heavy atom. The molecule has 0 amide bonds. The Morgan fingerprint density at radius 2 is 1.62 bits per heavy atom. The van der Waals surface area contributed by atoms with Gasteiger partial charge in [-0.15, -0.1) is 0 Å². The van der Waals surface area contributed by atoms with Crippen molar-refractivity contribution in [2.24, 2.45) is 5.92 Å². The number of hydrogen-bond acceptors (Lipinski definition) is 4. The van der Waals surface area contributed by atoms with Crippen LogP contribution in [0, 0.1) is 5.92 Å². The molecule has 0 bridgehead atoms. The molecule has 158 valence electrons. The third-order valence-electron chi connectivity index (χ3n) is 4.99. The molecular formula is C25H35NO3. The van der Waals surface area contributed by atoms with E-state index in [1.54, 1.807) is 0 Å². The van der Waals surface area contributed by atoms with Crippen molar-refractivity contribution in [3.05, 3.63) is 71.8 Å². The average Bonchev–Trinajstić information content (AvgIpc) is 2.70. The van der Waals surface area contributed by atoms with E-state index in [2.05, 4.69) is 48.2 Å². The maximum atomic E-state index is 12.1. The molecule has 0 saturated carbocycles. The summed E-state index contributed by atoms with van der Waals surface area (Å²) < 4.78 is 5.42. The molecule has 4 heteroatoms. The molecule has 1 N–H and O–H groups in total. The van der Waals surface area contributed by atoms with E-state index >= 15 is 0 Å². The summed E-state index contributed by atoms with van der Waals surface area (Å²) in [6.45, 7) is 9.37. The molecule has 0 fully saturated rings. The summed E-state index contributed by atoms with van der Waals surface area (Å²) in [7, 11) is 0. The number of esters is 1. The highest BCUT2D eigenvalue weighted by Gasteiger charge is 2.22. The van der Waals surface area contributed by atoms with Gasteiger partial charge >= 0.3 is 5.97 Å². The van der Waals surface area contributed by atoms with Crippen molar-refractivity contribution in [2.45, 2.75) is 58.7 Å². The van der Waals surface area contributed by atoms with Gasteiger partial charge < -0.3 is 9.84 Å². The van der Waals surface area contributed by atoms with Gasteiger partial charge in [0.1, 0.15) is 5.60 Å². The van der Waals surface area contributed by atoms with Gasteiger partial charge in [0.15, 0.2) is 0 Å². The fraction of sp³-hybridized carbons (Fsp3) is 0.480. The number of aliphatic hydroxyl groups excluding tert-OH is 1. The molecular weight excluding hydrogens is 362 g/mol. The van der Waals surface area contributed by atoms with Gasteiger partial charge in [0.05, 0.1) is 0 Å². The zero-order valence-corrected chi connectivity index (χ0v) is 18.2. The highest BCUT2D eigenvalue weighted by Crippen LogP contribution is 2.25. The Bertz CT molecular complexity index is 725. The van der Waals surface area contributed by atoms with E-state index in [1.165, 1.54) is 11.1 Å². The summed E-state index contributed by atoms with van der Waals surface area (Å²) in [5, 5.41) is 9.96. The van der Waals surface area contributed by atoms with Gasteiger partial charge in [0.25, 0.3) is 0 Å².